The smallest absolute Gasteiger partial charge is 0.318 e. The number of aliphatic hydroxyl groups is 1. The van der Waals surface area contributed by atoms with E-state index in [0.29, 0.717) is 24.2 Å². The molecule has 2 aromatic carbocycles. The van der Waals surface area contributed by atoms with Crippen LogP contribution in [0, 0.1) is 41.2 Å². The number of pyridine rings is 1. The van der Waals surface area contributed by atoms with Gasteiger partial charge >= 0.3 is 6.01 Å². The van der Waals surface area contributed by atoms with E-state index in [0.717, 1.165) is 0 Å². The van der Waals surface area contributed by atoms with Crippen molar-refractivity contribution in [3.63, 3.8) is 0 Å². The third-order valence-corrected chi connectivity index (χ3v) is 6.32. The van der Waals surface area contributed by atoms with E-state index in [1.165, 1.54) is 37.6 Å². The Bertz CT molecular complexity index is 1610. The van der Waals surface area contributed by atoms with E-state index in [9.17, 15) is 19.9 Å². The third kappa shape index (κ3) is 3.69. The number of anilines is 1. The summed E-state index contributed by atoms with van der Waals surface area (Å²) in [5, 5.41) is 30.7. The van der Waals surface area contributed by atoms with E-state index in [4.69, 9.17) is 11.2 Å². The van der Waals surface area contributed by atoms with Crippen molar-refractivity contribution in [2.24, 2.45) is 5.92 Å². The summed E-state index contributed by atoms with van der Waals surface area (Å²) in [6.45, 7) is 0.554. The third-order valence-electron chi connectivity index (χ3n) is 6.32. The predicted molar refractivity (Wildman–Crippen MR) is 128 cm³/mol. The van der Waals surface area contributed by atoms with Crippen LogP contribution in [-0.4, -0.2) is 51.5 Å². The molecule has 0 radical (unpaired) electrons. The van der Waals surface area contributed by atoms with Gasteiger partial charge in [0.2, 0.25) is 0 Å². The zero-order valence-corrected chi connectivity index (χ0v) is 19.0. The second-order valence-corrected chi connectivity index (χ2v) is 8.41. The number of aromatic nitrogens is 3. The fraction of sp³-hybridized carbons (Fsp3) is 0.231. The molecule has 0 amide bonds. The number of aliphatic hydroxyl groups excluding tert-OH is 1. The van der Waals surface area contributed by atoms with Gasteiger partial charge in [0.25, 0.3) is 0 Å². The van der Waals surface area contributed by atoms with Crippen LogP contribution in [0.4, 0.5) is 14.6 Å². The largest absolute Gasteiger partial charge is 0.508 e. The number of fused-ring (bicyclic) bond motifs is 2. The topological polar surface area (TPSA) is 115 Å². The summed E-state index contributed by atoms with van der Waals surface area (Å²) < 4.78 is 35.8. The highest BCUT2D eigenvalue weighted by atomic mass is 19.1. The number of aromatic hydroxyl groups is 1. The number of hydrogen-bond acceptors (Lipinski definition) is 8. The van der Waals surface area contributed by atoms with Gasteiger partial charge in [0.15, 0.2) is 5.82 Å². The highest BCUT2D eigenvalue weighted by Crippen LogP contribution is 2.39. The number of halogens is 2. The predicted octanol–water partition coefficient (Wildman–Crippen LogP) is 3.53. The number of phenolic OH excluding ortho intramolecular Hbond substituents is 1. The molecule has 0 aliphatic carbocycles. The molecular weight excluding hydrogens is 468 g/mol. The Morgan fingerprint density at radius 1 is 1.25 bits per heavy atom. The van der Waals surface area contributed by atoms with Crippen LogP contribution in [0.5, 0.6) is 11.8 Å². The highest BCUT2D eigenvalue weighted by Gasteiger charge is 2.30. The van der Waals surface area contributed by atoms with Gasteiger partial charge in [-0.25, -0.2) is 8.78 Å². The highest BCUT2D eigenvalue weighted by molar-refractivity contribution is 6.03. The van der Waals surface area contributed by atoms with Crippen molar-refractivity contribution in [2.45, 2.75) is 12.5 Å². The number of ether oxygens (including phenoxy) is 1. The van der Waals surface area contributed by atoms with Crippen molar-refractivity contribution < 1.29 is 23.7 Å². The van der Waals surface area contributed by atoms with Gasteiger partial charge < -0.3 is 19.8 Å². The van der Waals surface area contributed by atoms with Crippen LogP contribution >= 0.6 is 0 Å². The Labute approximate surface area is 204 Å². The van der Waals surface area contributed by atoms with Gasteiger partial charge in [-0.05, 0) is 30.0 Å². The SMILES string of the molecule is C#Cc1c(F)ccc2cc(O)cc(-c3ncc4c(N5CCC(O)C(C#N)C5)nc(OC)nc4c3F)c12. The maximum absolute atomic E-state index is 16.1. The summed E-state index contributed by atoms with van der Waals surface area (Å²) >= 11 is 0. The molecule has 5 rings (SSSR count). The Morgan fingerprint density at radius 3 is 2.78 bits per heavy atom. The van der Waals surface area contributed by atoms with Crippen LogP contribution < -0.4 is 9.64 Å². The molecule has 2 unspecified atom stereocenters. The molecule has 1 aliphatic heterocycles. The van der Waals surface area contributed by atoms with Crippen LogP contribution in [0.3, 0.4) is 0 Å². The first-order chi connectivity index (χ1) is 17.4. The number of nitriles is 1. The first-order valence-electron chi connectivity index (χ1n) is 11.0. The summed E-state index contributed by atoms with van der Waals surface area (Å²) in [7, 11) is 1.34. The number of rotatable bonds is 3. The van der Waals surface area contributed by atoms with Gasteiger partial charge in [-0.15, -0.1) is 6.42 Å². The molecule has 0 saturated carbocycles. The lowest BCUT2D eigenvalue weighted by molar-refractivity contribution is 0.113. The normalized spacial score (nSPS) is 17.7. The second-order valence-electron chi connectivity index (χ2n) is 8.41. The van der Waals surface area contributed by atoms with Crippen molar-refractivity contribution in [1.29, 1.82) is 5.26 Å². The van der Waals surface area contributed by atoms with Gasteiger partial charge in [-0.3, -0.25) is 4.98 Å². The fourth-order valence-electron chi connectivity index (χ4n) is 4.55. The average Bonchev–Trinajstić information content (AvgIpc) is 2.88. The number of phenols is 1. The minimum Gasteiger partial charge on any atom is -0.508 e. The molecule has 2 aromatic heterocycles. The molecule has 36 heavy (non-hydrogen) atoms. The zero-order chi connectivity index (χ0) is 25.6. The van der Waals surface area contributed by atoms with Gasteiger partial charge in [0, 0.05) is 30.2 Å². The van der Waals surface area contributed by atoms with Crippen molar-refractivity contribution in [2.75, 3.05) is 25.1 Å². The standard InChI is InChI=1S/C26H19F2N5O3/c1-3-16-19(27)5-4-13-8-15(34)9-17(21(13)16)23-22(28)24-18(11-30-23)25(32-26(31-24)36-2)33-7-6-20(35)14(10-29)12-33/h1,4-5,8-9,11,14,20,34-35H,6-7,12H2,2H3. The monoisotopic (exact) mass is 487 g/mol. The van der Waals surface area contributed by atoms with Crippen LogP contribution in [0.1, 0.15) is 12.0 Å². The Balaban J connectivity index is 1.76. The Morgan fingerprint density at radius 2 is 2.06 bits per heavy atom. The number of benzene rings is 2. The molecule has 0 bridgehead atoms. The molecular formula is C26H19F2N5O3. The Kier molecular flexibility index (Phi) is 5.75. The van der Waals surface area contributed by atoms with E-state index in [-0.39, 0.29) is 51.4 Å². The molecule has 4 aromatic rings. The van der Waals surface area contributed by atoms with E-state index in [2.05, 4.69) is 26.9 Å². The van der Waals surface area contributed by atoms with E-state index in [1.54, 1.807) is 4.90 Å². The molecule has 3 heterocycles. The van der Waals surface area contributed by atoms with Crippen molar-refractivity contribution in [3.05, 3.63) is 47.7 Å². The second kappa shape index (κ2) is 8.91. The Hall–Kier alpha value is -4.54. The summed E-state index contributed by atoms with van der Waals surface area (Å²) in [5.74, 6) is 0.270. The van der Waals surface area contributed by atoms with Crippen molar-refractivity contribution in [1.82, 2.24) is 15.0 Å². The number of hydrogen-bond donors (Lipinski definition) is 2. The molecule has 10 heteroatoms. The number of nitrogens with zero attached hydrogens (tertiary/aromatic N) is 5. The molecule has 1 aliphatic rings. The van der Waals surface area contributed by atoms with Crippen molar-refractivity contribution >= 4 is 27.5 Å². The fourth-order valence-corrected chi connectivity index (χ4v) is 4.55. The molecule has 2 N–H and O–H groups in total. The maximum Gasteiger partial charge on any atom is 0.318 e. The lowest BCUT2D eigenvalue weighted by Gasteiger charge is -2.34. The molecule has 180 valence electrons. The van der Waals surface area contributed by atoms with E-state index < -0.39 is 23.7 Å². The summed E-state index contributed by atoms with van der Waals surface area (Å²) in [5.41, 5.74) is -0.293. The zero-order valence-electron chi connectivity index (χ0n) is 19.0. The average molecular weight is 487 g/mol. The van der Waals surface area contributed by atoms with E-state index in [1.807, 2.05) is 0 Å². The molecule has 1 fully saturated rings. The first-order valence-corrected chi connectivity index (χ1v) is 11.0. The molecule has 1 saturated heterocycles. The van der Waals surface area contributed by atoms with Crippen molar-refractivity contribution in [3.8, 4) is 41.4 Å². The van der Waals surface area contributed by atoms with Crippen LogP contribution in [-0.2, 0) is 0 Å². The van der Waals surface area contributed by atoms with Gasteiger partial charge in [0.1, 0.15) is 28.6 Å². The lowest BCUT2D eigenvalue weighted by atomic mass is 9.95. The van der Waals surface area contributed by atoms with Crippen LogP contribution in [0.15, 0.2) is 30.5 Å². The number of terminal acetylenes is 1. The van der Waals surface area contributed by atoms with Gasteiger partial charge in [0.05, 0.1) is 36.2 Å². The quantitative estimate of drug-likeness (QED) is 0.422. The lowest BCUT2D eigenvalue weighted by Crippen LogP contribution is -2.43. The summed E-state index contributed by atoms with van der Waals surface area (Å²) in [6.07, 6.45) is 6.49. The summed E-state index contributed by atoms with van der Waals surface area (Å²) in [6, 6.07) is 7.26. The first kappa shape index (κ1) is 23.2. The molecule has 2 atom stereocenters. The van der Waals surface area contributed by atoms with Crippen LogP contribution in [0.2, 0.25) is 0 Å². The van der Waals surface area contributed by atoms with E-state index >= 15 is 4.39 Å². The molecule has 8 nitrogen and oxygen atoms in total. The minimum atomic E-state index is -0.845. The number of methoxy groups -OCH3 is 1. The maximum atomic E-state index is 16.1. The van der Waals surface area contributed by atoms with Gasteiger partial charge in [-0.1, -0.05) is 12.0 Å². The van der Waals surface area contributed by atoms with Crippen LogP contribution in [0.25, 0.3) is 32.9 Å². The molecule has 0 spiro atoms. The summed E-state index contributed by atoms with van der Waals surface area (Å²) in [4.78, 5) is 14.6. The number of piperidine rings is 1. The van der Waals surface area contributed by atoms with Gasteiger partial charge in [-0.2, -0.15) is 15.2 Å². The minimum absolute atomic E-state index is 0.0841.